The summed E-state index contributed by atoms with van der Waals surface area (Å²) < 4.78 is 0. The first-order chi connectivity index (χ1) is 14.1. The molecule has 0 heterocycles. The molecule has 1 aliphatic rings. The van der Waals surface area contributed by atoms with Gasteiger partial charge in [0.2, 0.25) is 0 Å². The number of hydrogen-bond donors (Lipinski definition) is 2. The van der Waals surface area contributed by atoms with Crippen LogP contribution >= 0.6 is 0 Å². The summed E-state index contributed by atoms with van der Waals surface area (Å²) in [5.74, 6) is 0.143. The Hall–Kier alpha value is -2.42. The SMILES string of the molecule is N=C(N)C1(C(=O)Cc2ccc(CCCCCCCCc3ccccc3)cc2)CC1. The number of rotatable bonds is 13. The summed E-state index contributed by atoms with van der Waals surface area (Å²) in [4.78, 5) is 12.4. The number of Topliss-reactive ketones (excluding diaryl/α,β-unsaturated/α-hetero) is 1. The number of benzene rings is 2. The number of unbranched alkanes of at least 4 members (excludes halogenated alkanes) is 5. The van der Waals surface area contributed by atoms with Crippen LogP contribution in [0.25, 0.3) is 0 Å². The number of carbonyl (C=O) groups is 1. The van der Waals surface area contributed by atoms with Crippen molar-refractivity contribution in [2.45, 2.75) is 70.6 Å². The number of amidine groups is 1. The first kappa shape index (κ1) is 21.3. The molecule has 1 aliphatic carbocycles. The van der Waals surface area contributed by atoms with E-state index in [1.165, 1.54) is 56.1 Å². The molecule has 0 amide bonds. The summed E-state index contributed by atoms with van der Waals surface area (Å²) in [5.41, 5.74) is 8.80. The van der Waals surface area contributed by atoms with Crippen molar-refractivity contribution in [2.75, 3.05) is 0 Å². The van der Waals surface area contributed by atoms with Crippen LogP contribution in [0.1, 0.15) is 68.1 Å². The number of hydrogen-bond acceptors (Lipinski definition) is 2. The number of carbonyl (C=O) groups excluding carboxylic acids is 1. The van der Waals surface area contributed by atoms with Crippen molar-refractivity contribution < 1.29 is 4.79 Å². The van der Waals surface area contributed by atoms with Crippen LogP contribution in [-0.2, 0) is 24.1 Å². The van der Waals surface area contributed by atoms with Crippen LogP contribution in [0.15, 0.2) is 54.6 Å². The summed E-state index contributed by atoms with van der Waals surface area (Å²) >= 11 is 0. The highest BCUT2D eigenvalue weighted by Crippen LogP contribution is 2.47. The molecule has 1 saturated carbocycles. The molecular formula is C26H34N2O. The van der Waals surface area contributed by atoms with Gasteiger partial charge in [0, 0.05) is 6.42 Å². The lowest BCUT2D eigenvalue weighted by molar-refractivity contribution is -0.121. The second-order valence-corrected chi connectivity index (χ2v) is 8.52. The molecule has 0 saturated heterocycles. The van der Waals surface area contributed by atoms with E-state index in [1.807, 2.05) is 0 Å². The predicted octanol–water partition coefficient (Wildman–Crippen LogP) is 5.64. The molecule has 0 bridgehead atoms. The van der Waals surface area contributed by atoms with Crippen LogP contribution in [0.3, 0.4) is 0 Å². The maximum atomic E-state index is 12.4. The average molecular weight is 391 g/mol. The molecule has 0 unspecified atom stereocenters. The van der Waals surface area contributed by atoms with Crippen LogP contribution in [0, 0.1) is 10.8 Å². The summed E-state index contributed by atoms with van der Waals surface area (Å²) in [7, 11) is 0. The Morgan fingerprint density at radius 3 is 1.76 bits per heavy atom. The van der Waals surface area contributed by atoms with Gasteiger partial charge in [-0.1, -0.05) is 80.3 Å². The van der Waals surface area contributed by atoms with E-state index in [0.717, 1.165) is 24.8 Å². The Labute approximate surface area is 175 Å². The zero-order chi connectivity index (χ0) is 20.5. The van der Waals surface area contributed by atoms with E-state index in [4.69, 9.17) is 11.1 Å². The second-order valence-electron chi connectivity index (χ2n) is 8.52. The second kappa shape index (κ2) is 10.4. The highest BCUT2D eigenvalue weighted by atomic mass is 16.1. The third-order valence-corrected chi connectivity index (χ3v) is 6.21. The smallest absolute Gasteiger partial charge is 0.150 e. The van der Waals surface area contributed by atoms with Gasteiger partial charge in [0.05, 0.1) is 5.41 Å². The molecule has 3 heteroatoms. The van der Waals surface area contributed by atoms with E-state index in [-0.39, 0.29) is 11.6 Å². The third-order valence-electron chi connectivity index (χ3n) is 6.21. The van der Waals surface area contributed by atoms with E-state index in [2.05, 4.69) is 54.6 Å². The van der Waals surface area contributed by atoms with Crippen molar-refractivity contribution >= 4 is 11.6 Å². The lowest BCUT2D eigenvalue weighted by Gasteiger charge is -2.12. The van der Waals surface area contributed by atoms with Crippen molar-refractivity contribution in [2.24, 2.45) is 11.1 Å². The highest BCUT2D eigenvalue weighted by Gasteiger charge is 2.52. The maximum absolute atomic E-state index is 12.4. The van der Waals surface area contributed by atoms with Gasteiger partial charge in [-0.15, -0.1) is 0 Å². The molecule has 3 rings (SSSR count). The van der Waals surface area contributed by atoms with Gasteiger partial charge in [0.1, 0.15) is 5.84 Å². The van der Waals surface area contributed by atoms with E-state index >= 15 is 0 Å². The number of nitrogens with one attached hydrogen (secondary N) is 1. The molecule has 0 radical (unpaired) electrons. The topological polar surface area (TPSA) is 66.9 Å². The van der Waals surface area contributed by atoms with Crippen LogP contribution in [0.4, 0.5) is 0 Å². The third kappa shape index (κ3) is 6.28. The summed E-state index contributed by atoms with van der Waals surface area (Å²) in [5, 5.41) is 7.63. The van der Waals surface area contributed by atoms with Gasteiger partial charge in [-0.05, 0) is 55.2 Å². The van der Waals surface area contributed by atoms with Crippen LogP contribution in [-0.4, -0.2) is 11.6 Å². The van der Waals surface area contributed by atoms with Gasteiger partial charge in [-0.25, -0.2) is 0 Å². The Kier molecular flexibility index (Phi) is 7.62. The normalized spacial score (nSPS) is 14.5. The molecule has 1 fully saturated rings. The number of ketones is 1. The first-order valence-corrected chi connectivity index (χ1v) is 11.1. The Morgan fingerprint density at radius 2 is 1.24 bits per heavy atom. The fourth-order valence-corrected chi connectivity index (χ4v) is 4.01. The summed E-state index contributed by atoms with van der Waals surface area (Å²) in [6.45, 7) is 0. The molecular weight excluding hydrogens is 356 g/mol. The molecule has 2 aromatic carbocycles. The van der Waals surface area contributed by atoms with Crippen LogP contribution in [0.2, 0.25) is 0 Å². The first-order valence-electron chi connectivity index (χ1n) is 11.1. The van der Waals surface area contributed by atoms with Gasteiger partial charge < -0.3 is 5.73 Å². The van der Waals surface area contributed by atoms with Crippen molar-refractivity contribution in [3.8, 4) is 0 Å². The van der Waals surface area contributed by atoms with E-state index in [9.17, 15) is 4.79 Å². The fraction of sp³-hybridized carbons (Fsp3) is 0.462. The van der Waals surface area contributed by atoms with Crippen molar-refractivity contribution in [3.05, 3.63) is 71.3 Å². The molecule has 0 spiro atoms. The molecule has 0 aliphatic heterocycles. The molecule has 3 N–H and O–H groups in total. The van der Waals surface area contributed by atoms with Gasteiger partial charge >= 0.3 is 0 Å². The van der Waals surface area contributed by atoms with E-state index < -0.39 is 5.41 Å². The lowest BCUT2D eigenvalue weighted by Crippen LogP contribution is -2.32. The minimum atomic E-state index is -0.639. The predicted molar refractivity (Wildman–Crippen MR) is 120 cm³/mol. The zero-order valence-corrected chi connectivity index (χ0v) is 17.5. The minimum absolute atomic E-state index is 0.0409. The molecule has 0 atom stereocenters. The van der Waals surface area contributed by atoms with Gasteiger partial charge in [-0.2, -0.15) is 0 Å². The maximum Gasteiger partial charge on any atom is 0.150 e. The minimum Gasteiger partial charge on any atom is -0.387 e. The Balaban J connectivity index is 1.27. The van der Waals surface area contributed by atoms with Gasteiger partial charge in [0.15, 0.2) is 5.78 Å². The lowest BCUT2D eigenvalue weighted by atomic mass is 9.93. The number of nitrogens with two attached hydrogens (primary N) is 1. The average Bonchev–Trinajstić information content (AvgIpc) is 3.54. The summed E-state index contributed by atoms with van der Waals surface area (Å²) in [6, 6.07) is 19.2. The molecule has 2 aromatic rings. The molecule has 3 nitrogen and oxygen atoms in total. The summed E-state index contributed by atoms with van der Waals surface area (Å²) in [6.07, 6.45) is 11.9. The van der Waals surface area contributed by atoms with E-state index in [0.29, 0.717) is 6.42 Å². The van der Waals surface area contributed by atoms with Crippen molar-refractivity contribution in [1.29, 1.82) is 5.41 Å². The zero-order valence-electron chi connectivity index (χ0n) is 17.5. The molecule has 0 aromatic heterocycles. The number of aryl methyl sites for hydroxylation is 2. The van der Waals surface area contributed by atoms with Crippen LogP contribution < -0.4 is 5.73 Å². The van der Waals surface area contributed by atoms with Gasteiger partial charge in [-0.3, -0.25) is 10.2 Å². The van der Waals surface area contributed by atoms with Crippen molar-refractivity contribution in [3.63, 3.8) is 0 Å². The molecule has 29 heavy (non-hydrogen) atoms. The van der Waals surface area contributed by atoms with Crippen molar-refractivity contribution in [1.82, 2.24) is 0 Å². The van der Waals surface area contributed by atoms with Gasteiger partial charge in [0.25, 0.3) is 0 Å². The standard InChI is InChI=1S/C26H34N2O/c27-25(28)26(18-19-26)24(29)20-23-16-14-22(15-17-23)13-7-4-2-1-3-6-10-21-11-8-5-9-12-21/h5,8-9,11-12,14-17H,1-4,6-7,10,13,18-20H2,(H3,27,28). The molecule has 154 valence electrons. The quantitative estimate of drug-likeness (QED) is 0.264. The highest BCUT2D eigenvalue weighted by molar-refractivity contribution is 6.09. The van der Waals surface area contributed by atoms with Crippen LogP contribution in [0.5, 0.6) is 0 Å². The largest absolute Gasteiger partial charge is 0.387 e. The fourth-order valence-electron chi connectivity index (χ4n) is 4.01. The van der Waals surface area contributed by atoms with E-state index in [1.54, 1.807) is 0 Å². The monoisotopic (exact) mass is 390 g/mol. The Bertz CT molecular complexity index is 791. The Morgan fingerprint density at radius 1 is 0.759 bits per heavy atom.